The van der Waals surface area contributed by atoms with Crippen molar-refractivity contribution in [1.29, 1.82) is 0 Å². The minimum atomic E-state index is 0.597. The predicted molar refractivity (Wildman–Crippen MR) is 62.7 cm³/mol. The number of hydrogen-bond donors (Lipinski definition) is 2. The Labute approximate surface area is 95.6 Å². The Kier molecular flexibility index (Phi) is 3.93. The third-order valence-electron chi connectivity index (χ3n) is 2.87. The number of nitrogens with zero attached hydrogens (tertiary/aromatic N) is 2. The molecule has 5 nitrogen and oxygen atoms in total. The number of ether oxygens (including phenoxy) is 1. The normalized spacial score (nSPS) is 19.7. The minimum Gasteiger partial charge on any atom is -0.481 e. The van der Waals surface area contributed by atoms with E-state index < -0.39 is 0 Å². The zero-order valence-corrected chi connectivity index (χ0v) is 9.57. The lowest BCUT2D eigenvalue weighted by Gasteiger charge is -2.09. The first-order valence-corrected chi connectivity index (χ1v) is 5.69. The van der Waals surface area contributed by atoms with E-state index in [9.17, 15) is 0 Å². The van der Waals surface area contributed by atoms with Crippen molar-refractivity contribution in [3.63, 3.8) is 0 Å². The summed E-state index contributed by atoms with van der Waals surface area (Å²) in [6, 6.07) is 1.81. The Hall–Kier alpha value is -1.36. The Balaban J connectivity index is 1.75. The van der Waals surface area contributed by atoms with Gasteiger partial charge in [0.25, 0.3) is 0 Å². The molecular formula is C11H18N4O. The van der Waals surface area contributed by atoms with Gasteiger partial charge in [0.2, 0.25) is 5.88 Å². The molecule has 0 aliphatic carbocycles. The maximum absolute atomic E-state index is 5.03. The van der Waals surface area contributed by atoms with Crippen molar-refractivity contribution in [2.75, 3.05) is 32.1 Å². The van der Waals surface area contributed by atoms with Gasteiger partial charge in [0, 0.05) is 12.6 Å². The molecule has 0 saturated carbocycles. The standard InChI is InChI=1S/C11H18N4O/c1-16-11-6-10(14-8-15-11)13-5-3-9-2-4-12-7-9/h6,8-9,12H,2-5,7H2,1H3,(H,13,14,15). The summed E-state index contributed by atoms with van der Waals surface area (Å²) < 4.78 is 5.03. The molecule has 0 bridgehead atoms. The van der Waals surface area contributed by atoms with Crippen molar-refractivity contribution in [3.8, 4) is 5.88 Å². The maximum atomic E-state index is 5.03. The summed E-state index contributed by atoms with van der Waals surface area (Å²) in [6.07, 6.45) is 3.98. The Morgan fingerprint density at radius 1 is 1.56 bits per heavy atom. The second-order valence-corrected chi connectivity index (χ2v) is 4.02. The highest BCUT2D eigenvalue weighted by Gasteiger charge is 2.13. The third-order valence-corrected chi connectivity index (χ3v) is 2.87. The van der Waals surface area contributed by atoms with Gasteiger partial charge in [-0.25, -0.2) is 9.97 Å². The summed E-state index contributed by atoms with van der Waals surface area (Å²) >= 11 is 0. The number of hydrogen-bond acceptors (Lipinski definition) is 5. The van der Waals surface area contributed by atoms with E-state index in [1.54, 1.807) is 7.11 Å². The van der Waals surface area contributed by atoms with Gasteiger partial charge in [0.1, 0.15) is 12.1 Å². The number of methoxy groups -OCH3 is 1. The van der Waals surface area contributed by atoms with Gasteiger partial charge in [-0.2, -0.15) is 0 Å². The van der Waals surface area contributed by atoms with Crippen LogP contribution in [0.25, 0.3) is 0 Å². The first-order chi connectivity index (χ1) is 7.88. The first kappa shape index (κ1) is 11.1. The van der Waals surface area contributed by atoms with Crippen molar-refractivity contribution in [3.05, 3.63) is 12.4 Å². The quantitative estimate of drug-likeness (QED) is 0.775. The Morgan fingerprint density at radius 2 is 2.50 bits per heavy atom. The second-order valence-electron chi connectivity index (χ2n) is 4.02. The highest BCUT2D eigenvalue weighted by molar-refractivity contribution is 5.36. The summed E-state index contributed by atoms with van der Waals surface area (Å²) in [7, 11) is 1.61. The van der Waals surface area contributed by atoms with Gasteiger partial charge in [-0.3, -0.25) is 0 Å². The molecule has 0 aromatic carbocycles. The van der Waals surface area contributed by atoms with Crippen LogP contribution < -0.4 is 15.4 Å². The van der Waals surface area contributed by atoms with Crippen molar-refractivity contribution in [2.24, 2.45) is 5.92 Å². The van der Waals surface area contributed by atoms with Crippen LogP contribution in [0.4, 0.5) is 5.82 Å². The zero-order valence-electron chi connectivity index (χ0n) is 9.57. The van der Waals surface area contributed by atoms with Gasteiger partial charge in [-0.15, -0.1) is 0 Å². The van der Waals surface area contributed by atoms with E-state index in [0.717, 1.165) is 31.4 Å². The number of aromatic nitrogens is 2. The lowest BCUT2D eigenvalue weighted by molar-refractivity contribution is 0.397. The molecule has 5 heteroatoms. The van der Waals surface area contributed by atoms with Crippen LogP contribution in [0.3, 0.4) is 0 Å². The molecule has 1 atom stereocenters. The minimum absolute atomic E-state index is 0.597. The van der Waals surface area contributed by atoms with Crippen molar-refractivity contribution in [2.45, 2.75) is 12.8 Å². The van der Waals surface area contributed by atoms with Crippen LogP contribution in [-0.2, 0) is 0 Å². The molecule has 0 radical (unpaired) electrons. The summed E-state index contributed by atoms with van der Waals surface area (Å²) in [6.45, 7) is 3.26. The lowest BCUT2D eigenvalue weighted by Crippen LogP contribution is -2.13. The highest BCUT2D eigenvalue weighted by atomic mass is 16.5. The fourth-order valence-corrected chi connectivity index (χ4v) is 1.91. The van der Waals surface area contributed by atoms with Crippen LogP contribution in [0.1, 0.15) is 12.8 Å². The number of anilines is 1. The van der Waals surface area contributed by atoms with Crippen molar-refractivity contribution < 1.29 is 4.74 Å². The number of nitrogens with one attached hydrogen (secondary N) is 2. The monoisotopic (exact) mass is 222 g/mol. The van der Waals surface area contributed by atoms with Gasteiger partial charge in [-0.1, -0.05) is 0 Å². The Morgan fingerprint density at radius 3 is 3.25 bits per heavy atom. The van der Waals surface area contributed by atoms with E-state index in [1.807, 2.05) is 6.07 Å². The molecule has 1 aliphatic heterocycles. The van der Waals surface area contributed by atoms with Crippen LogP contribution in [0.15, 0.2) is 12.4 Å². The molecule has 2 heterocycles. The lowest BCUT2D eigenvalue weighted by atomic mass is 10.1. The molecule has 1 aromatic heterocycles. The van der Waals surface area contributed by atoms with E-state index >= 15 is 0 Å². The average Bonchev–Trinajstić information content (AvgIpc) is 2.82. The molecule has 16 heavy (non-hydrogen) atoms. The van der Waals surface area contributed by atoms with E-state index in [0.29, 0.717) is 5.88 Å². The van der Waals surface area contributed by atoms with Gasteiger partial charge in [-0.05, 0) is 31.8 Å². The van der Waals surface area contributed by atoms with E-state index in [1.165, 1.54) is 19.2 Å². The molecule has 2 rings (SSSR count). The Bertz CT molecular complexity index is 326. The highest BCUT2D eigenvalue weighted by Crippen LogP contribution is 2.13. The second kappa shape index (κ2) is 5.65. The van der Waals surface area contributed by atoms with Crippen molar-refractivity contribution >= 4 is 5.82 Å². The molecule has 88 valence electrons. The fraction of sp³-hybridized carbons (Fsp3) is 0.636. The predicted octanol–water partition coefficient (Wildman–Crippen LogP) is 0.897. The molecule has 1 fully saturated rings. The summed E-state index contributed by atoms with van der Waals surface area (Å²) in [5.41, 5.74) is 0. The third kappa shape index (κ3) is 3.06. The molecule has 0 spiro atoms. The molecule has 0 amide bonds. The van der Waals surface area contributed by atoms with Gasteiger partial charge >= 0.3 is 0 Å². The SMILES string of the molecule is COc1cc(NCCC2CCNC2)ncn1. The van der Waals surface area contributed by atoms with Crippen LogP contribution in [0.2, 0.25) is 0 Å². The smallest absolute Gasteiger partial charge is 0.218 e. The average molecular weight is 222 g/mol. The van der Waals surface area contributed by atoms with Crippen LogP contribution in [0.5, 0.6) is 5.88 Å². The summed E-state index contributed by atoms with van der Waals surface area (Å²) in [5, 5.41) is 6.65. The fourth-order valence-electron chi connectivity index (χ4n) is 1.91. The van der Waals surface area contributed by atoms with Gasteiger partial charge < -0.3 is 15.4 Å². The maximum Gasteiger partial charge on any atom is 0.218 e. The van der Waals surface area contributed by atoms with Gasteiger partial charge in [0.15, 0.2) is 0 Å². The molecule has 1 saturated heterocycles. The van der Waals surface area contributed by atoms with Crippen LogP contribution in [0, 0.1) is 5.92 Å². The molecule has 1 aromatic rings. The first-order valence-electron chi connectivity index (χ1n) is 5.69. The van der Waals surface area contributed by atoms with E-state index in [4.69, 9.17) is 4.74 Å². The molecule has 1 unspecified atom stereocenters. The molecule has 1 aliphatic rings. The number of rotatable bonds is 5. The molecule has 2 N–H and O–H groups in total. The van der Waals surface area contributed by atoms with E-state index in [-0.39, 0.29) is 0 Å². The summed E-state index contributed by atoms with van der Waals surface area (Å²) in [5.74, 6) is 2.23. The van der Waals surface area contributed by atoms with Crippen LogP contribution >= 0.6 is 0 Å². The zero-order chi connectivity index (χ0) is 11.2. The van der Waals surface area contributed by atoms with Crippen LogP contribution in [-0.4, -0.2) is 36.7 Å². The van der Waals surface area contributed by atoms with E-state index in [2.05, 4.69) is 20.6 Å². The van der Waals surface area contributed by atoms with Gasteiger partial charge in [0.05, 0.1) is 7.11 Å². The largest absolute Gasteiger partial charge is 0.481 e. The topological polar surface area (TPSA) is 59.1 Å². The molecular weight excluding hydrogens is 204 g/mol. The van der Waals surface area contributed by atoms with Crippen molar-refractivity contribution in [1.82, 2.24) is 15.3 Å². The summed E-state index contributed by atoms with van der Waals surface area (Å²) in [4.78, 5) is 8.09.